The van der Waals surface area contributed by atoms with Gasteiger partial charge in [-0.1, -0.05) is 36.8 Å². The Hall–Kier alpha value is -2.82. The first-order valence-corrected chi connectivity index (χ1v) is 7.52. The number of nitrogens with zero attached hydrogens (tertiary/aromatic N) is 2. The molecule has 5 heteroatoms. The standard InChI is InChI=1S/C18H19N3O2/c1-4-12-9-14(15(22)10-16(12)23-3)18-17(19-21-20-18)13-7-5-11(2)6-8-13/h5-10,22H,4H2,1-3H3,(H,19,20,21). The van der Waals surface area contributed by atoms with E-state index in [0.29, 0.717) is 22.7 Å². The first kappa shape index (κ1) is 15.1. The highest BCUT2D eigenvalue weighted by Gasteiger charge is 2.18. The highest BCUT2D eigenvalue weighted by Crippen LogP contribution is 2.38. The number of nitrogens with one attached hydrogen (secondary N) is 1. The summed E-state index contributed by atoms with van der Waals surface area (Å²) in [5, 5.41) is 21.5. The summed E-state index contributed by atoms with van der Waals surface area (Å²) in [6, 6.07) is 11.6. The van der Waals surface area contributed by atoms with E-state index in [4.69, 9.17) is 4.74 Å². The van der Waals surface area contributed by atoms with Gasteiger partial charge in [-0.3, -0.25) is 0 Å². The number of aryl methyl sites for hydroxylation is 2. The summed E-state index contributed by atoms with van der Waals surface area (Å²) in [4.78, 5) is 0. The van der Waals surface area contributed by atoms with Gasteiger partial charge in [0.05, 0.1) is 7.11 Å². The number of phenolic OH excluding ortho intramolecular Hbond substituents is 1. The molecule has 0 saturated carbocycles. The molecule has 5 nitrogen and oxygen atoms in total. The van der Waals surface area contributed by atoms with Crippen molar-refractivity contribution in [3.63, 3.8) is 0 Å². The zero-order valence-electron chi connectivity index (χ0n) is 13.4. The van der Waals surface area contributed by atoms with Crippen molar-refractivity contribution in [3.8, 4) is 34.0 Å². The number of hydrogen-bond donors (Lipinski definition) is 2. The Labute approximate surface area is 134 Å². The molecule has 0 fully saturated rings. The molecule has 118 valence electrons. The molecular weight excluding hydrogens is 290 g/mol. The molecule has 3 rings (SSSR count). The van der Waals surface area contributed by atoms with Gasteiger partial charge in [-0.05, 0) is 25.0 Å². The van der Waals surface area contributed by atoms with E-state index >= 15 is 0 Å². The SMILES string of the molecule is CCc1cc(-c2n[nH]nc2-c2ccc(C)cc2)c(O)cc1OC. The van der Waals surface area contributed by atoms with Crippen molar-refractivity contribution in [1.82, 2.24) is 15.4 Å². The van der Waals surface area contributed by atoms with Crippen LogP contribution in [0.4, 0.5) is 0 Å². The molecule has 0 radical (unpaired) electrons. The van der Waals surface area contributed by atoms with Crippen molar-refractivity contribution < 1.29 is 9.84 Å². The number of aromatic nitrogens is 3. The van der Waals surface area contributed by atoms with Crippen LogP contribution in [-0.4, -0.2) is 27.6 Å². The van der Waals surface area contributed by atoms with Gasteiger partial charge in [-0.2, -0.15) is 15.4 Å². The van der Waals surface area contributed by atoms with Crippen LogP contribution in [0.1, 0.15) is 18.1 Å². The summed E-state index contributed by atoms with van der Waals surface area (Å²) >= 11 is 0. The molecule has 0 saturated heterocycles. The summed E-state index contributed by atoms with van der Waals surface area (Å²) < 4.78 is 5.31. The Kier molecular flexibility index (Phi) is 4.02. The van der Waals surface area contributed by atoms with Crippen LogP contribution >= 0.6 is 0 Å². The zero-order valence-corrected chi connectivity index (χ0v) is 13.4. The summed E-state index contributed by atoms with van der Waals surface area (Å²) in [5.74, 6) is 0.801. The highest BCUT2D eigenvalue weighted by molar-refractivity contribution is 5.81. The monoisotopic (exact) mass is 309 g/mol. The third-order valence-corrected chi connectivity index (χ3v) is 3.91. The Morgan fingerprint density at radius 3 is 2.43 bits per heavy atom. The summed E-state index contributed by atoms with van der Waals surface area (Å²) in [5.41, 5.74) is 5.13. The van der Waals surface area contributed by atoms with Gasteiger partial charge in [-0.15, -0.1) is 0 Å². The van der Waals surface area contributed by atoms with E-state index in [-0.39, 0.29) is 5.75 Å². The fourth-order valence-electron chi connectivity index (χ4n) is 2.60. The molecule has 0 amide bonds. The topological polar surface area (TPSA) is 71.0 Å². The van der Waals surface area contributed by atoms with Crippen molar-refractivity contribution in [1.29, 1.82) is 0 Å². The minimum atomic E-state index is 0.126. The van der Waals surface area contributed by atoms with Crippen molar-refractivity contribution in [3.05, 3.63) is 47.5 Å². The Morgan fingerprint density at radius 2 is 1.78 bits per heavy atom. The zero-order chi connectivity index (χ0) is 16.4. The molecule has 0 aliphatic heterocycles. The molecule has 0 atom stereocenters. The maximum atomic E-state index is 10.4. The molecule has 0 unspecified atom stereocenters. The number of phenols is 1. The number of benzene rings is 2. The number of hydrogen-bond acceptors (Lipinski definition) is 4. The first-order chi connectivity index (χ1) is 11.1. The molecule has 3 aromatic rings. The van der Waals surface area contributed by atoms with E-state index in [0.717, 1.165) is 17.5 Å². The number of H-pyrrole nitrogens is 1. The largest absolute Gasteiger partial charge is 0.507 e. The quantitative estimate of drug-likeness (QED) is 0.770. The maximum absolute atomic E-state index is 10.4. The molecule has 0 spiro atoms. The average Bonchev–Trinajstić information content (AvgIpc) is 3.04. The van der Waals surface area contributed by atoms with Crippen molar-refractivity contribution in [2.75, 3.05) is 7.11 Å². The van der Waals surface area contributed by atoms with Crippen LogP contribution in [-0.2, 0) is 6.42 Å². The second-order valence-electron chi connectivity index (χ2n) is 5.42. The Bertz CT molecular complexity index is 823. The third-order valence-electron chi connectivity index (χ3n) is 3.91. The van der Waals surface area contributed by atoms with E-state index in [1.807, 2.05) is 44.2 Å². The van der Waals surface area contributed by atoms with Gasteiger partial charge >= 0.3 is 0 Å². The van der Waals surface area contributed by atoms with Gasteiger partial charge in [0, 0.05) is 17.2 Å². The summed E-state index contributed by atoms with van der Waals surface area (Å²) in [6.45, 7) is 4.08. The minimum Gasteiger partial charge on any atom is -0.507 e. The van der Waals surface area contributed by atoms with Crippen molar-refractivity contribution in [2.45, 2.75) is 20.3 Å². The highest BCUT2D eigenvalue weighted by atomic mass is 16.5. The molecule has 0 bridgehead atoms. The second-order valence-corrected chi connectivity index (χ2v) is 5.42. The van der Waals surface area contributed by atoms with Gasteiger partial charge < -0.3 is 9.84 Å². The molecule has 2 aromatic carbocycles. The van der Waals surface area contributed by atoms with Crippen LogP contribution < -0.4 is 4.74 Å². The fraction of sp³-hybridized carbons (Fsp3) is 0.222. The van der Waals surface area contributed by atoms with Crippen LogP contribution in [0.3, 0.4) is 0 Å². The molecular formula is C18H19N3O2. The lowest BCUT2D eigenvalue weighted by Gasteiger charge is -2.11. The van der Waals surface area contributed by atoms with E-state index < -0.39 is 0 Å². The molecule has 23 heavy (non-hydrogen) atoms. The fourth-order valence-corrected chi connectivity index (χ4v) is 2.60. The van der Waals surface area contributed by atoms with Gasteiger partial charge in [0.25, 0.3) is 0 Å². The van der Waals surface area contributed by atoms with Gasteiger partial charge in [0.15, 0.2) is 0 Å². The van der Waals surface area contributed by atoms with Crippen LogP contribution in [0.5, 0.6) is 11.5 Å². The van der Waals surface area contributed by atoms with E-state index in [2.05, 4.69) is 15.4 Å². The molecule has 0 aliphatic rings. The normalized spacial score (nSPS) is 10.7. The van der Waals surface area contributed by atoms with Gasteiger partial charge in [0.2, 0.25) is 0 Å². The lowest BCUT2D eigenvalue weighted by Crippen LogP contribution is -1.93. The van der Waals surface area contributed by atoms with E-state index in [1.165, 1.54) is 5.56 Å². The van der Waals surface area contributed by atoms with Gasteiger partial charge in [-0.25, -0.2) is 0 Å². The van der Waals surface area contributed by atoms with Crippen molar-refractivity contribution >= 4 is 0 Å². The number of methoxy groups -OCH3 is 1. The molecule has 0 aliphatic carbocycles. The first-order valence-electron chi connectivity index (χ1n) is 7.52. The molecule has 1 heterocycles. The lowest BCUT2D eigenvalue weighted by atomic mass is 10.00. The van der Waals surface area contributed by atoms with Crippen LogP contribution in [0, 0.1) is 6.92 Å². The molecule has 2 N–H and O–H groups in total. The second kappa shape index (κ2) is 6.12. The summed E-state index contributed by atoms with van der Waals surface area (Å²) in [6.07, 6.45) is 0.800. The average molecular weight is 309 g/mol. The summed E-state index contributed by atoms with van der Waals surface area (Å²) in [7, 11) is 1.60. The van der Waals surface area contributed by atoms with Crippen LogP contribution in [0.25, 0.3) is 22.5 Å². The number of rotatable bonds is 4. The third kappa shape index (κ3) is 2.77. The van der Waals surface area contributed by atoms with Crippen LogP contribution in [0.2, 0.25) is 0 Å². The predicted molar refractivity (Wildman–Crippen MR) is 89.6 cm³/mol. The lowest BCUT2D eigenvalue weighted by molar-refractivity contribution is 0.403. The minimum absolute atomic E-state index is 0.126. The maximum Gasteiger partial charge on any atom is 0.128 e. The van der Waals surface area contributed by atoms with E-state index in [1.54, 1.807) is 13.2 Å². The Balaban J connectivity index is 2.13. The number of ether oxygens (including phenoxy) is 1. The van der Waals surface area contributed by atoms with Crippen molar-refractivity contribution in [2.24, 2.45) is 0 Å². The van der Waals surface area contributed by atoms with E-state index in [9.17, 15) is 5.11 Å². The van der Waals surface area contributed by atoms with Crippen LogP contribution in [0.15, 0.2) is 36.4 Å². The van der Waals surface area contributed by atoms with Gasteiger partial charge in [0.1, 0.15) is 22.9 Å². The smallest absolute Gasteiger partial charge is 0.128 e. The predicted octanol–water partition coefficient (Wildman–Crippen LogP) is 3.72. The number of aromatic amines is 1. The number of aromatic hydroxyl groups is 1. The Morgan fingerprint density at radius 1 is 1.09 bits per heavy atom. The molecule has 1 aromatic heterocycles.